The predicted octanol–water partition coefficient (Wildman–Crippen LogP) is 3.00. The molecule has 26 heavy (non-hydrogen) atoms. The highest BCUT2D eigenvalue weighted by molar-refractivity contribution is 6.51. The second-order valence-corrected chi connectivity index (χ2v) is 8.28. The van der Waals surface area contributed by atoms with Crippen molar-refractivity contribution in [3.8, 4) is 0 Å². The van der Waals surface area contributed by atoms with E-state index in [1.54, 1.807) is 18.2 Å². The van der Waals surface area contributed by atoms with Crippen LogP contribution in [0.2, 0.25) is 0 Å². The van der Waals surface area contributed by atoms with Gasteiger partial charge in [-0.05, 0) is 64.8 Å². The summed E-state index contributed by atoms with van der Waals surface area (Å²) >= 11 is 0. The number of piperidine rings is 1. The van der Waals surface area contributed by atoms with Crippen molar-refractivity contribution in [1.29, 1.82) is 5.41 Å². The number of anilines is 1. The molecule has 0 atom stereocenters. The molecule has 0 bridgehead atoms. The molecular weight excluding hydrogens is 328 g/mol. The van der Waals surface area contributed by atoms with E-state index in [9.17, 15) is 0 Å². The maximum atomic E-state index is 8.95. The Labute approximate surface area is 153 Å². The van der Waals surface area contributed by atoms with Crippen LogP contribution in [0, 0.1) is 5.41 Å². The Morgan fingerprint density at radius 2 is 1.85 bits per heavy atom. The summed E-state index contributed by atoms with van der Waals surface area (Å²) in [7, 11) is 0. The number of oxime groups is 1. The lowest BCUT2D eigenvalue weighted by Crippen LogP contribution is -2.60. The van der Waals surface area contributed by atoms with Crippen molar-refractivity contribution >= 4 is 22.8 Å². The summed E-state index contributed by atoms with van der Waals surface area (Å²) in [4.78, 5) is 0. The SMILES string of the molecule is CC1(C)CC(Nc2ccc(C3=C/C(=N/O)C(=N)C=C3)nn2)CC(C)(C)N1. The molecule has 0 saturated carbocycles. The second-order valence-electron chi connectivity index (χ2n) is 8.28. The molecule has 7 nitrogen and oxygen atoms in total. The normalized spacial score (nSPS) is 23.8. The zero-order chi connectivity index (χ0) is 18.9. The van der Waals surface area contributed by atoms with Crippen LogP contribution in [-0.2, 0) is 0 Å². The number of allylic oxidation sites excluding steroid dienone is 4. The lowest BCUT2D eigenvalue weighted by molar-refractivity contribution is 0.170. The average molecular weight is 354 g/mol. The van der Waals surface area contributed by atoms with E-state index in [2.05, 4.69) is 53.7 Å². The molecule has 1 fully saturated rings. The molecule has 0 spiro atoms. The van der Waals surface area contributed by atoms with Crippen LogP contribution in [0.25, 0.3) is 5.57 Å². The average Bonchev–Trinajstić information content (AvgIpc) is 2.53. The van der Waals surface area contributed by atoms with Gasteiger partial charge in [-0.2, -0.15) is 0 Å². The monoisotopic (exact) mass is 354 g/mol. The van der Waals surface area contributed by atoms with E-state index in [-0.39, 0.29) is 22.5 Å². The van der Waals surface area contributed by atoms with E-state index >= 15 is 0 Å². The minimum Gasteiger partial charge on any atom is -0.410 e. The van der Waals surface area contributed by atoms with Crippen molar-refractivity contribution in [3.63, 3.8) is 0 Å². The van der Waals surface area contributed by atoms with Crippen molar-refractivity contribution in [1.82, 2.24) is 15.5 Å². The van der Waals surface area contributed by atoms with Crippen molar-refractivity contribution in [2.75, 3.05) is 5.32 Å². The minimum absolute atomic E-state index is 0.0645. The second kappa shape index (κ2) is 6.64. The van der Waals surface area contributed by atoms with Crippen LogP contribution in [0.5, 0.6) is 0 Å². The van der Waals surface area contributed by atoms with Crippen molar-refractivity contribution < 1.29 is 5.21 Å². The molecule has 0 amide bonds. The molecule has 0 aromatic carbocycles. The van der Waals surface area contributed by atoms with Crippen molar-refractivity contribution in [3.05, 3.63) is 36.1 Å². The van der Waals surface area contributed by atoms with E-state index in [0.717, 1.165) is 24.2 Å². The number of rotatable bonds is 3. The summed E-state index contributed by atoms with van der Waals surface area (Å²) in [6.45, 7) is 8.88. The van der Waals surface area contributed by atoms with Gasteiger partial charge in [0.1, 0.15) is 11.5 Å². The molecule has 1 aliphatic carbocycles. The van der Waals surface area contributed by atoms with Gasteiger partial charge in [0.25, 0.3) is 0 Å². The van der Waals surface area contributed by atoms with Crippen molar-refractivity contribution in [2.24, 2.45) is 5.16 Å². The fraction of sp³-hybridized carbons (Fsp3) is 0.474. The van der Waals surface area contributed by atoms with Gasteiger partial charge in [-0.1, -0.05) is 11.2 Å². The number of hydrogen-bond acceptors (Lipinski definition) is 7. The van der Waals surface area contributed by atoms with Gasteiger partial charge in [0.05, 0.1) is 11.4 Å². The standard InChI is InChI=1S/C19H26N6O/c1-18(2)10-13(11-19(3,4)25-18)21-17-8-7-15(22-23-17)12-5-6-14(20)16(9-12)24-26/h5-9,13,20,25-26H,10-11H2,1-4H3,(H,21,23)/b20-14?,24-16-. The lowest BCUT2D eigenvalue weighted by atomic mass is 9.79. The Kier molecular flexibility index (Phi) is 4.66. The van der Waals surface area contributed by atoms with Gasteiger partial charge in [0, 0.05) is 22.7 Å². The molecule has 0 unspecified atom stereocenters. The molecule has 1 aromatic heterocycles. The van der Waals surface area contributed by atoms with Gasteiger partial charge >= 0.3 is 0 Å². The van der Waals surface area contributed by atoms with Gasteiger partial charge in [-0.25, -0.2) is 0 Å². The van der Waals surface area contributed by atoms with Crippen LogP contribution < -0.4 is 10.6 Å². The van der Waals surface area contributed by atoms with E-state index in [1.165, 1.54) is 0 Å². The first-order chi connectivity index (χ1) is 12.2. The van der Waals surface area contributed by atoms with E-state index in [4.69, 9.17) is 10.6 Å². The Morgan fingerprint density at radius 3 is 2.42 bits per heavy atom. The topological polar surface area (TPSA) is 106 Å². The zero-order valence-electron chi connectivity index (χ0n) is 15.7. The smallest absolute Gasteiger partial charge is 0.148 e. The quantitative estimate of drug-likeness (QED) is 0.379. The molecule has 1 aliphatic heterocycles. The third-order valence-electron chi connectivity index (χ3n) is 4.61. The molecule has 2 aliphatic rings. The van der Waals surface area contributed by atoms with Crippen LogP contribution >= 0.6 is 0 Å². The van der Waals surface area contributed by atoms with Crippen LogP contribution in [0.15, 0.2) is 35.5 Å². The van der Waals surface area contributed by atoms with E-state index < -0.39 is 0 Å². The third kappa shape index (κ3) is 4.16. The van der Waals surface area contributed by atoms with E-state index in [0.29, 0.717) is 11.7 Å². The summed E-state index contributed by atoms with van der Waals surface area (Å²) in [5.41, 5.74) is 1.94. The minimum atomic E-state index is 0.0645. The first-order valence-corrected chi connectivity index (χ1v) is 8.78. The van der Waals surface area contributed by atoms with Gasteiger partial charge in [-0.3, -0.25) is 5.41 Å². The summed E-state index contributed by atoms with van der Waals surface area (Å²) in [5, 5.41) is 35.5. The van der Waals surface area contributed by atoms with Crippen LogP contribution in [-0.4, -0.2) is 43.9 Å². The molecule has 4 N–H and O–H groups in total. The fourth-order valence-electron chi connectivity index (χ4n) is 3.97. The Balaban J connectivity index is 1.73. The molecule has 1 saturated heterocycles. The molecule has 3 rings (SSSR count). The molecule has 1 aromatic rings. The first kappa shape index (κ1) is 18.3. The van der Waals surface area contributed by atoms with Gasteiger partial charge in [-0.15, -0.1) is 10.2 Å². The van der Waals surface area contributed by atoms with Crippen molar-refractivity contribution in [2.45, 2.75) is 57.7 Å². The molecule has 138 valence electrons. The first-order valence-electron chi connectivity index (χ1n) is 8.78. The lowest BCUT2D eigenvalue weighted by Gasteiger charge is -2.46. The molecule has 2 heterocycles. The summed E-state index contributed by atoms with van der Waals surface area (Å²) < 4.78 is 0. The number of hydrogen-bond donors (Lipinski definition) is 4. The van der Waals surface area contributed by atoms with Crippen LogP contribution in [0.4, 0.5) is 5.82 Å². The largest absolute Gasteiger partial charge is 0.410 e. The van der Waals surface area contributed by atoms with Gasteiger partial charge in [0.15, 0.2) is 0 Å². The Bertz CT molecular complexity index is 773. The summed E-state index contributed by atoms with van der Waals surface area (Å²) in [5.74, 6) is 0.747. The maximum Gasteiger partial charge on any atom is 0.148 e. The molecule has 7 heteroatoms. The maximum absolute atomic E-state index is 8.95. The highest BCUT2D eigenvalue weighted by Gasteiger charge is 2.37. The third-order valence-corrected chi connectivity index (χ3v) is 4.61. The summed E-state index contributed by atoms with van der Waals surface area (Å²) in [6.07, 6.45) is 6.99. The molecule has 0 radical (unpaired) electrons. The van der Waals surface area contributed by atoms with E-state index in [1.807, 2.05) is 12.1 Å². The number of nitrogens with zero attached hydrogens (tertiary/aromatic N) is 3. The van der Waals surface area contributed by atoms with Gasteiger partial charge in [0.2, 0.25) is 0 Å². The van der Waals surface area contributed by atoms with Crippen LogP contribution in [0.1, 0.15) is 46.2 Å². The Morgan fingerprint density at radius 1 is 1.15 bits per heavy atom. The Hall–Kier alpha value is -2.54. The highest BCUT2D eigenvalue weighted by atomic mass is 16.4. The highest BCUT2D eigenvalue weighted by Crippen LogP contribution is 2.30. The van der Waals surface area contributed by atoms with Crippen LogP contribution in [0.3, 0.4) is 0 Å². The molecular formula is C19H26N6O. The van der Waals surface area contributed by atoms with Gasteiger partial charge < -0.3 is 15.8 Å². The zero-order valence-corrected chi connectivity index (χ0v) is 15.7. The fourth-order valence-corrected chi connectivity index (χ4v) is 3.97. The number of nitrogens with one attached hydrogen (secondary N) is 3. The summed E-state index contributed by atoms with van der Waals surface area (Å²) in [6, 6.07) is 4.12. The number of aromatic nitrogens is 2. The predicted molar refractivity (Wildman–Crippen MR) is 104 cm³/mol.